The third-order valence-corrected chi connectivity index (χ3v) is 4.07. The summed E-state index contributed by atoms with van der Waals surface area (Å²) in [5, 5.41) is 14.1. The third-order valence-electron chi connectivity index (χ3n) is 3.30. The van der Waals surface area contributed by atoms with Gasteiger partial charge in [0.15, 0.2) is 12.7 Å². The lowest BCUT2D eigenvalue weighted by Crippen LogP contribution is -2.30. The SMILES string of the molecule is CC(Oc1ccc(Cl)cc1Cl)C(=O)OCC(=O)Nc1cc(Cl)ccc1[N+](=O)[O-]. The fourth-order valence-corrected chi connectivity index (χ4v) is 2.64. The average molecular weight is 448 g/mol. The summed E-state index contributed by atoms with van der Waals surface area (Å²) in [4.78, 5) is 34.2. The lowest BCUT2D eigenvalue weighted by atomic mass is 10.2. The highest BCUT2D eigenvalue weighted by atomic mass is 35.5. The van der Waals surface area contributed by atoms with Crippen LogP contribution in [0.25, 0.3) is 0 Å². The minimum absolute atomic E-state index is 0.115. The summed E-state index contributed by atoms with van der Waals surface area (Å²) >= 11 is 17.5. The predicted molar refractivity (Wildman–Crippen MR) is 104 cm³/mol. The van der Waals surface area contributed by atoms with Gasteiger partial charge in [-0.3, -0.25) is 14.9 Å². The van der Waals surface area contributed by atoms with Gasteiger partial charge in [-0.1, -0.05) is 34.8 Å². The van der Waals surface area contributed by atoms with Gasteiger partial charge in [-0.25, -0.2) is 4.79 Å². The van der Waals surface area contributed by atoms with Crippen molar-refractivity contribution in [3.8, 4) is 5.75 Å². The van der Waals surface area contributed by atoms with Gasteiger partial charge in [0, 0.05) is 16.1 Å². The van der Waals surface area contributed by atoms with Crippen molar-refractivity contribution in [2.45, 2.75) is 13.0 Å². The van der Waals surface area contributed by atoms with Crippen LogP contribution in [-0.2, 0) is 14.3 Å². The van der Waals surface area contributed by atoms with Crippen LogP contribution < -0.4 is 10.1 Å². The highest BCUT2D eigenvalue weighted by molar-refractivity contribution is 6.35. The van der Waals surface area contributed by atoms with Crippen LogP contribution in [0.15, 0.2) is 36.4 Å². The van der Waals surface area contributed by atoms with Gasteiger partial charge in [0.1, 0.15) is 11.4 Å². The molecule has 8 nitrogen and oxygen atoms in total. The normalized spacial score (nSPS) is 11.4. The quantitative estimate of drug-likeness (QED) is 0.380. The molecule has 2 aromatic carbocycles. The highest BCUT2D eigenvalue weighted by Gasteiger charge is 2.21. The second-order valence-corrected chi connectivity index (χ2v) is 6.69. The van der Waals surface area contributed by atoms with E-state index >= 15 is 0 Å². The molecule has 11 heteroatoms. The average Bonchev–Trinajstić information content (AvgIpc) is 2.61. The number of nitro benzene ring substituents is 1. The molecule has 0 saturated heterocycles. The first kappa shape index (κ1) is 21.7. The first-order valence-electron chi connectivity index (χ1n) is 7.69. The summed E-state index contributed by atoms with van der Waals surface area (Å²) in [6, 6.07) is 8.15. The number of anilines is 1. The Morgan fingerprint density at radius 2 is 1.79 bits per heavy atom. The minimum atomic E-state index is -1.06. The number of amides is 1. The molecule has 1 N–H and O–H groups in total. The molecular formula is C17H13Cl3N2O6. The van der Waals surface area contributed by atoms with Crippen molar-refractivity contribution in [3.63, 3.8) is 0 Å². The number of halogens is 3. The maximum absolute atomic E-state index is 12.0. The molecule has 0 fully saturated rings. The molecule has 0 aliphatic rings. The lowest BCUT2D eigenvalue weighted by molar-refractivity contribution is -0.383. The molecule has 2 aromatic rings. The second kappa shape index (κ2) is 9.59. The summed E-state index contributed by atoms with van der Waals surface area (Å²) in [6.07, 6.45) is -1.06. The Balaban J connectivity index is 1.92. The van der Waals surface area contributed by atoms with E-state index in [1.54, 1.807) is 0 Å². The maximum Gasteiger partial charge on any atom is 0.347 e. The number of carbonyl (C=O) groups excluding carboxylic acids is 2. The number of nitro groups is 1. The molecule has 1 amide bonds. The standard InChI is InChI=1S/C17H13Cl3N2O6/c1-9(28-15-5-3-10(18)6-12(15)20)17(24)27-8-16(23)21-13-7-11(19)2-4-14(13)22(25)26/h2-7,9H,8H2,1H3,(H,21,23). The molecule has 2 rings (SSSR count). The number of benzene rings is 2. The number of ether oxygens (including phenoxy) is 2. The monoisotopic (exact) mass is 446 g/mol. The molecule has 0 radical (unpaired) electrons. The van der Waals surface area contributed by atoms with E-state index in [1.807, 2.05) is 0 Å². The highest BCUT2D eigenvalue weighted by Crippen LogP contribution is 2.29. The van der Waals surface area contributed by atoms with E-state index in [-0.39, 0.29) is 27.2 Å². The Labute approximate surface area is 174 Å². The molecule has 0 bridgehead atoms. The summed E-state index contributed by atoms with van der Waals surface area (Å²) in [5.41, 5.74) is -0.464. The number of hydrogen-bond acceptors (Lipinski definition) is 6. The zero-order chi connectivity index (χ0) is 20.8. The molecule has 0 aliphatic carbocycles. The molecule has 1 atom stereocenters. The van der Waals surface area contributed by atoms with Crippen LogP contribution in [0.1, 0.15) is 6.92 Å². The number of rotatable bonds is 7. The van der Waals surface area contributed by atoms with Crippen LogP contribution in [-0.4, -0.2) is 29.5 Å². The Bertz CT molecular complexity index is 922. The molecule has 1 unspecified atom stereocenters. The summed E-state index contributed by atoms with van der Waals surface area (Å²) in [5.74, 6) is -1.40. The van der Waals surface area contributed by atoms with Crippen LogP contribution in [0, 0.1) is 10.1 Å². The number of nitrogens with zero attached hydrogens (tertiary/aromatic N) is 1. The van der Waals surface area contributed by atoms with Gasteiger partial charge in [-0.2, -0.15) is 0 Å². The third kappa shape index (κ3) is 5.98. The van der Waals surface area contributed by atoms with Gasteiger partial charge in [0.2, 0.25) is 0 Å². The fraction of sp³-hybridized carbons (Fsp3) is 0.176. The van der Waals surface area contributed by atoms with E-state index in [1.165, 1.54) is 37.3 Å². The van der Waals surface area contributed by atoms with Crippen molar-refractivity contribution in [1.82, 2.24) is 0 Å². The Kier molecular flexibility index (Phi) is 7.45. The van der Waals surface area contributed by atoms with Crippen molar-refractivity contribution in [2.75, 3.05) is 11.9 Å². The number of carbonyl (C=O) groups is 2. The van der Waals surface area contributed by atoms with Crippen LogP contribution in [0.3, 0.4) is 0 Å². The summed E-state index contributed by atoms with van der Waals surface area (Å²) in [6.45, 7) is 0.734. The predicted octanol–water partition coefficient (Wildman–Crippen LogP) is 4.50. The van der Waals surface area contributed by atoms with Gasteiger partial charge < -0.3 is 14.8 Å². The van der Waals surface area contributed by atoms with E-state index in [4.69, 9.17) is 44.3 Å². The van der Waals surface area contributed by atoms with Gasteiger partial charge >= 0.3 is 5.97 Å². The first-order valence-corrected chi connectivity index (χ1v) is 8.83. The molecule has 28 heavy (non-hydrogen) atoms. The van der Waals surface area contributed by atoms with Crippen molar-refractivity contribution in [3.05, 3.63) is 61.6 Å². The molecular weight excluding hydrogens is 435 g/mol. The van der Waals surface area contributed by atoms with E-state index in [0.717, 1.165) is 6.07 Å². The number of esters is 1. The van der Waals surface area contributed by atoms with Crippen molar-refractivity contribution in [2.24, 2.45) is 0 Å². The van der Waals surface area contributed by atoms with Crippen LogP contribution in [0.2, 0.25) is 15.1 Å². The second-order valence-electron chi connectivity index (χ2n) is 5.41. The maximum atomic E-state index is 12.0. The molecule has 0 aliphatic heterocycles. The molecule has 0 spiro atoms. The molecule has 0 aromatic heterocycles. The zero-order valence-electron chi connectivity index (χ0n) is 14.3. The smallest absolute Gasteiger partial charge is 0.347 e. The molecule has 0 heterocycles. The Morgan fingerprint density at radius 3 is 2.43 bits per heavy atom. The first-order chi connectivity index (χ1) is 13.2. The Hall–Kier alpha value is -2.55. The van der Waals surface area contributed by atoms with Crippen molar-refractivity contribution >= 4 is 58.1 Å². The Morgan fingerprint density at radius 1 is 1.14 bits per heavy atom. The lowest BCUT2D eigenvalue weighted by Gasteiger charge is -2.15. The van der Waals surface area contributed by atoms with Crippen LogP contribution >= 0.6 is 34.8 Å². The van der Waals surface area contributed by atoms with E-state index < -0.39 is 29.5 Å². The van der Waals surface area contributed by atoms with Gasteiger partial charge in [0.05, 0.1) is 9.95 Å². The summed E-state index contributed by atoms with van der Waals surface area (Å²) < 4.78 is 10.2. The topological polar surface area (TPSA) is 108 Å². The van der Waals surface area contributed by atoms with Crippen molar-refractivity contribution < 1.29 is 24.0 Å². The van der Waals surface area contributed by atoms with Crippen molar-refractivity contribution in [1.29, 1.82) is 0 Å². The van der Waals surface area contributed by atoms with E-state index in [9.17, 15) is 19.7 Å². The number of nitrogens with one attached hydrogen (secondary N) is 1. The van der Waals surface area contributed by atoms with E-state index in [2.05, 4.69) is 5.32 Å². The zero-order valence-corrected chi connectivity index (χ0v) is 16.5. The van der Waals surface area contributed by atoms with Gasteiger partial charge in [-0.15, -0.1) is 0 Å². The summed E-state index contributed by atoms with van der Waals surface area (Å²) in [7, 11) is 0. The van der Waals surface area contributed by atoms with Crippen LogP contribution in [0.4, 0.5) is 11.4 Å². The minimum Gasteiger partial charge on any atom is -0.477 e. The molecule has 148 valence electrons. The fourth-order valence-electron chi connectivity index (χ4n) is 2.02. The van der Waals surface area contributed by atoms with Gasteiger partial charge in [-0.05, 0) is 37.3 Å². The van der Waals surface area contributed by atoms with Gasteiger partial charge in [0.25, 0.3) is 11.6 Å². The van der Waals surface area contributed by atoms with E-state index in [0.29, 0.717) is 5.02 Å². The van der Waals surface area contributed by atoms with Crippen LogP contribution in [0.5, 0.6) is 5.75 Å². The number of hydrogen-bond donors (Lipinski definition) is 1. The molecule has 0 saturated carbocycles. The largest absolute Gasteiger partial charge is 0.477 e.